The Balaban J connectivity index is 0.00000385. The number of rotatable bonds is 10. The van der Waals surface area contributed by atoms with Crippen LogP contribution >= 0.6 is 24.0 Å². The largest absolute Gasteiger partial charge is 0.375 e. The van der Waals surface area contributed by atoms with Gasteiger partial charge in [-0.15, -0.1) is 24.0 Å². The quantitative estimate of drug-likeness (QED) is 0.179. The highest BCUT2D eigenvalue weighted by molar-refractivity contribution is 14.0. The molecule has 0 aliphatic carbocycles. The Kier molecular flexibility index (Phi) is 12.2. The number of hydrogen-bond donors (Lipinski definition) is 3. The summed E-state index contributed by atoms with van der Waals surface area (Å²) in [5.74, 6) is 0.538. The Labute approximate surface area is 214 Å². The van der Waals surface area contributed by atoms with Crippen LogP contribution in [0.4, 0.5) is 0 Å². The van der Waals surface area contributed by atoms with Crippen LogP contribution in [-0.4, -0.2) is 50.1 Å². The summed E-state index contributed by atoms with van der Waals surface area (Å²) in [4.78, 5) is 18.1. The second-order valence-electron chi connectivity index (χ2n) is 8.19. The molecule has 1 saturated heterocycles. The highest BCUT2D eigenvalue weighted by Gasteiger charge is 2.23. The van der Waals surface area contributed by atoms with E-state index in [0.29, 0.717) is 26.3 Å². The number of likely N-dealkylation sites (tertiary alicyclic amines) is 1. The van der Waals surface area contributed by atoms with Crippen LogP contribution in [0.5, 0.6) is 0 Å². The molecule has 2 aromatic rings. The third-order valence-electron chi connectivity index (χ3n) is 5.64. The molecule has 1 heterocycles. The van der Waals surface area contributed by atoms with Crippen LogP contribution in [0.1, 0.15) is 29.5 Å². The Morgan fingerprint density at radius 3 is 2.64 bits per heavy atom. The van der Waals surface area contributed by atoms with Gasteiger partial charge >= 0.3 is 0 Å². The number of ether oxygens (including phenoxy) is 1. The molecule has 0 bridgehead atoms. The lowest BCUT2D eigenvalue weighted by Gasteiger charge is -2.31. The minimum Gasteiger partial charge on any atom is -0.375 e. The van der Waals surface area contributed by atoms with E-state index in [-0.39, 0.29) is 35.8 Å². The van der Waals surface area contributed by atoms with Crippen molar-refractivity contribution in [2.24, 2.45) is 16.6 Å². The molecule has 1 aliphatic heterocycles. The van der Waals surface area contributed by atoms with Gasteiger partial charge in [0.2, 0.25) is 5.91 Å². The van der Waals surface area contributed by atoms with Gasteiger partial charge < -0.3 is 21.1 Å². The number of hydrogen-bond acceptors (Lipinski definition) is 4. The zero-order chi connectivity index (χ0) is 22.6. The molecule has 3 rings (SSSR count). The van der Waals surface area contributed by atoms with E-state index in [4.69, 9.17) is 10.5 Å². The molecule has 7 nitrogen and oxygen atoms in total. The molecular weight excluding hydrogens is 529 g/mol. The van der Waals surface area contributed by atoms with Crippen LogP contribution in [0.2, 0.25) is 0 Å². The number of nitrogens with zero attached hydrogens (tertiary/aromatic N) is 2. The van der Waals surface area contributed by atoms with Crippen molar-refractivity contribution in [2.45, 2.75) is 32.5 Å². The Morgan fingerprint density at radius 2 is 1.88 bits per heavy atom. The van der Waals surface area contributed by atoms with E-state index in [1.54, 1.807) is 7.05 Å². The maximum Gasteiger partial charge on any atom is 0.221 e. The van der Waals surface area contributed by atoms with Gasteiger partial charge in [0.05, 0.1) is 19.1 Å². The Bertz CT molecular complexity index is 878. The Morgan fingerprint density at radius 1 is 1.12 bits per heavy atom. The van der Waals surface area contributed by atoms with Gasteiger partial charge in [-0.05, 0) is 36.1 Å². The standard InChI is InChI=1S/C25H35N5O2.HI/c1-27-25(28-12-14-32-19-20-7-3-2-4-8-20)29-16-21-9-5-10-22(15-21)17-30-13-6-11-23(18-30)24(26)31;/h2-5,7-10,15,23H,6,11-14,16-19H2,1H3,(H2,26,31)(H2,27,28,29);1H. The molecule has 2 aromatic carbocycles. The second-order valence-corrected chi connectivity index (χ2v) is 8.19. The zero-order valence-electron chi connectivity index (χ0n) is 19.3. The molecule has 0 radical (unpaired) electrons. The van der Waals surface area contributed by atoms with Crippen molar-refractivity contribution in [1.29, 1.82) is 0 Å². The first-order chi connectivity index (χ1) is 15.6. The van der Waals surface area contributed by atoms with Gasteiger partial charge in [-0.3, -0.25) is 14.7 Å². The second kappa shape index (κ2) is 14.9. The van der Waals surface area contributed by atoms with Crippen LogP contribution < -0.4 is 16.4 Å². The summed E-state index contributed by atoms with van der Waals surface area (Å²) in [6, 6.07) is 18.7. The van der Waals surface area contributed by atoms with Crippen LogP contribution in [0, 0.1) is 5.92 Å². The lowest BCUT2D eigenvalue weighted by atomic mass is 9.97. The number of benzene rings is 2. The summed E-state index contributed by atoms with van der Waals surface area (Å²) in [5.41, 5.74) is 9.11. The first kappa shape index (κ1) is 27.1. The number of carbonyl (C=O) groups is 1. The van der Waals surface area contributed by atoms with Gasteiger partial charge in [0.25, 0.3) is 0 Å². The fourth-order valence-electron chi connectivity index (χ4n) is 3.94. The number of aliphatic imine (C=N–C) groups is 1. The van der Waals surface area contributed by atoms with Crippen molar-refractivity contribution in [3.05, 3.63) is 71.3 Å². The fraction of sp³-hybridized carbons (Fsp3) is 0.440. The minimum absolute atomic E-state index is 0. The summed E-state index contributed by atoms with van der Waals surface area (Å²) in [6.07, 6.45) is 1.92. The molecule has 1 amide bonds. The number of piperidine rings is 1. The predicted molar refractivity (Wildman–Crippen MR) is 143 cm³/mol. The van der Waals surface area contributed by atoms with Crippen molar-refractivity contribution in [3.63, 3.8) is 0 Å². The molecule has 1 unspecified atom stereocenters. The monoisotopic (exact) mass is 565 g/mol. The molecular formula is C25H36IN5O2. The van der Waals surface area contributed by atoms with Crippen LogP contribution in [0.3, 0.4) is 0 Å². The molecule has 4 N–H and O–H groups in total. The van der Waals surface area contributed by atoms with Crippen LogP contribution in [-0.2, 0) is 29.2 Å². The van der Waals surface area contributed by atoms with E-state index in [9.17, 15) is 4.79 Å². The highest BCUT2D eigenvalue weighted by Crippen LogP contribution is 2.18. The van der Waals surface area contributed by atoms with Gasteiger partial charge in [0, 0.05) is 33.2 Å². The molecule has 1 fully saturated rings. The molecule has 0 aromatic heterocycles. The smallest absolute Gasteiger partial charge is 0.221 e. The molecule has 1 aliphatic rings. The number of primary amides is 1. The maximum atomic E-state index is 11.5. The predicted octanol–water partition coefficient (Wildman–Crippen LogP) is 2.88. The highest BCUT2D eigenvalue weighted by atomic mass is 127. The van der Waals surface area contributed by atoms with Gasteiger partial charge in [-0.2, -0.15) is 0 Å². The number of nitrogens with two attached hydrogens (primary N) is 1. The first-order valence-electron chi connectivity index (χ1n) is 11.3. The van der Waals surface area contributed by atoms with Gasteiger partial charge in [0.15, 0.2) is 5.96 Å². The zero-order valence-corrected chi connectivity index (χ0v) is 21.7. The normalized spacial score (nSPS) is 16.6. The van der Waals surface area contributed by atoms with Gasteiger partial charge in [0.1, 0.15) is 0 Å². The van der Waals surface area contributed by atoms with E-state index in [1.807, 2.05) is 18.2 Å². The van der Waals surface area contributed by atoms with Gasteiger partial charge in [-0.1, -0.05) is 54.6 Å². The summed E-state index contributed by atoms with van der Waals surface area (Å²) in [7, 11) is 1.77. The van der Waals surface area contributed by atoms with E-state index >= 15 is 0 Å². The molecule has 0 spiro atoms. The van der Waals surface area contributed by atoms with Crippen LogP contribution in [0.25, 0.3) is 0 Å². The summed E-state index contributed by atoms with van der Waals surface area (Å²) >= 11 is 0. The third kappa shape index (κ3) is 9.69. The lowest BCUT2D eigenvalue weighted by Crippen LogP contribution is -2.40. The summed E-state index contributed by atoms with van der Waals surface area (Å²) < 4.78 is 5.71. The Hall–Kier alpha value is -2.17. The van der Waals surface area contributed by atoms with Gasteiger partial charge in [-0.25, -0.2) is 0 Å². The first-order valence-corrected chi connectivity index (χ1v) is 11.3. The fourth-order valence-corrected chi connectivity index (χ4v) is 3.94. The lowest BCUT2D eigenvalue weighted by molar-refractivity contribution is -0.123. The topological polar surface area (TPSA) is 92.0 Å². The summed E-state index contributed by atoms with van der Waals surface area (Å²) in [5, 5.41) is 6.64. The van der Waals surface area contributed by atoms with Crippen molar-refractivity contribution < 1.29 is 9.53 Å². The number of carbonyl (C=O) groups excluding carboxylic acids is 1. The molecule has 8 heteroatoms. The SMILES string of the molecule is CN=C(NCCOCc1ccccc1)NCc1cccc(CN2CCCC(C(N)=O)C2)c1.I. The molecule has 180 valence electrons. The number of amides is 1. The van der Waals surface area contributed by atoms with Crippen molar-refractivity contribution in [2.75, 3.05) is 33.3 Å². The number of halogens is 1. The van der Waals surface area contributed by atoms with Crippen molar-refractivity contribution >= 4 is 35.8 Å². The number of nitrogens with one attached hydrogen (secondary N) is 2. The van der Waals surface area contributed by atoms with E-state index in [1.165, 1.54) is 16.7 Å². The van der Waals surface area contributed by atoms with Crippen molar-refractivity contribution in [3.8, 4) is 0 Å². The third-order valence-corrected chi connectivity index (χ3v) is 5.64. The molecule has 1 atom stereocenters. The molecule has 33 heavy (non-hydrogen) atoms. The minimum atomic E-state index is -0.183. The molecule has 0 saturated carbocycles. The number of guanidine groups is 1. The van der Waals surface area contributed by atoms with E-state index in [2.05, 4.69) is 56.9 Å². The average molecular weight is 566 g/mol. The van der Waals surface area contributed by atoms with Crippen molar-refractivity contribution in [1.82, 2.24) is 15.5 Å². The summed E-state index contributed by atoms with van der Waals surface area (Å²) in [6.45, 7) is 5.18. The average Bonchev–Trinajstić information content (AvgIpc) is 2.82. The van der Waals surface area contributed by atoms with E-state index < -0.39 is 0 Å². The van der Waals surface area contributed by atoms with E-state index in [0.717, 1.165) is 38.4 Å². The maximum absolute atomic E-state index is 11.5. The van der Waals surface area contributed by atoms with Crippen LogP contribution in [0.15, 0.2) is 59.6 Å².